The summed E-state index contributed by atoms with van der Waals surface area (Å²) in [5.41, 5.74) is 3.55. The molecule has 0 saturated carbocycles. The summed E-state index contributed by atoms with van der Waals surface area (Å²) in [4.78, 5) is 21.4. The van der Waals surface area contributed by atoms with Crippen molar-refractivity contribution in [2.75, 3.05) is 4.90 Å². The molecule has 0 radical (unpaired) electrons. The molecule has 1 aliphatic rings. The Labute approximate surface area is 132 Å². The van der Waals surface area contributed by atoms with Crippen molar-refractivity contribution in [2.45, 2.75) is 6.04 Å². The first-order valence-electron chi connectivity index (χ1n) is 6.86. The Bertz CT molecular complexity index is 874. The normalized spacial score (nSPS) is 18.0. The van der Waals surface area contributed by atoms with Crippen LogP contribution in [-0.2, 0) is 4.79 Å². The number of benzene rings is 2. The van der Waals surface area contributed by atoms with E-state index in [0.29, 0.717) is 5.11 Å². The van der Waals surface area contributed by atoms with E-state index in [1.807, 2.05) is 53.4 Å². The number of rotatable bonds is 2. The third-order valence-electron chi connectivity index (χ3n) is 3.75. The van der Waals surface area contributed by atoms with Gasteiger partial charge in [0.25, 0.3) is 5.91 Å². The van der Waals surface area contributed by atoms with Crippen LogP contribution in [0, 0.1) is 0 Å². The lowest BCUT2D eigenvalue weighted by Gasteiger charge is -2.23. The van der Waals surface area contributed by atoms with Gasteiger partial charge in [0.05, 0.1) is 17.4 Å². The Hall–Kier alpha value is -2.73. The average molecular weight is 308 g/mol. The van der Waals surface area contributed by atoms with E-state index < -0.39 is 6.04 Å². The molecule has 3 aromatic rings. The predicted molar refractivity (Wildman–Crippen MR) is 88.5 cm³/mol. The molecule has 2 heterocycles. The lowest BCUT2D eigenvalue weighted by molar-refractivity contribution is -0.119. The monoisotopic (exact) mass is 308 g/mol. The summed E-state index contributed by atoms with van der Waals surface area (Å²) in [5, 5.41) is 3.16. The van der Waals surface area contributed by atoms with Crippen molar-refractivity contribution < 1.29 is 4.79 Å². The molecule has 1 unspecified atom stereocenters. The van der Waals surface area contributed by atoms with Crippen LogP contribution in [0.3, 0.4) is 0 Å². The van der Waals surface area contributed by atoms with Crippen LogP contribution in [0.1, 0.15) is 11.6 Å². The van der Waals surface area contributed by atoms with Gasteiger partial charge in [-0.2, -0.15) is 0 Å². The number of nitrogens with zero attached hydrogens (tertiary/aromatic N) is 2. The fourth-order valence-electron chi connectivity index (χ4n) is 2.74. The molecule has 4 rings (SSSR count). The van der Waals surface area contributed by atoms with E-state index in [9.17, 15) is 4.79 Å². The van der Waals surface area contributed by atoms with Gasteiger partial charge in [-0.15, -0.1) is 0 Å². The number of thiocarbonyl (C=S) groups is 1. The van der Waals surface area contributed by atoms with Crippen LogP contribution in [0.5, 0.6) is 0 Å². The summed E-state index contributed by atoms with van der Waals surface area (Å²) < 4.78 is 0. The highest BCUT2D eigenvalue weighted by Crippen LogP contribution is 2.32. The number of nitrogens with one attached hydrogen (secondary N) is 2. The number of aromatic amines is 1. The molecule has 1 fully saturated rings. The van der Waals surface area contributed by atoms with Gasteiger partial charge in [0.15, 0.2) is 5.11 Å². The van der Waals surface area contributed by atoms with Crippen LogP contribution in [-0.4, -0.2) is 21.0 Å². The lowest BCUT2D eigenvalue weighted by Crippen LogP contribution is -2.29. The van der Waals surface area contributed by atoms with Gasteiger partial charge in [0.1, 0.15) is 6.04 Å². The van der Waals surface area contributed by atoms with Gasteiger partial charge in [-0.1, -0.05) is 30.3 Å². The zero-order valence-corrected chi connectivity index (χ0v) is 12.3. The molecule has 108 valence electrons. The standard InChI is InChI=1S/C16H12N4OS/c21-15-14(10-4-2-1-3-5-10)20(16(22)19-15)11-6-7-12-13(8-11)18-9-17-12/h1-9,14H,(H,17,18)(H,19,21,22). The molecular weight excluding hydrogens is 296 g/mol. The van der Waals surface area contributed by atoms with E-state index in [4.69, 9.17) is 12.2 Å². The molecule has 1 atom stereocenters. The number of carbonyl (C=O) groups excluding carboxylic acids is 1. The van der Waals surface area contributed by atoms with Crippen LogP contribution in [0.15, 0.2) is 54.9 Å². The van der Waals surface area contributed by atoms with Crippen molar-refractivity contribution in [3.63, 3.8) is 0 Å². The maximum atomic E-state index is 12.3. The summed E-state index contributed by atoms with van der Waals surface area (Å²) in [6.45, 7) is 0. The fraction of sp³-hybridized carbons (Fsp3) is 0.0625. The van der Waals surface area contributed by atoms with Gasteiger partial charge in [-0.3, -0.25) is 4.79 Å². The summed E-state index contributed by atoms with van der Waals surface area (Å²) in [6, 6.07) is 15.0. The molecule has 0 bridgehead atoms. The van der Waals surface area contributed by atoms with Crippen molar-refractivity contribution in [3.05, 3.63) is 60.4 Å². The Morgan fingerprint density at radius 1 is 1.14 bits per heavy atom. The summed E-state index contributed by atoms with van der Waals surface area (Å²) in [5.74, 6) is -0.110. The quantitative estimate of drug-likeness (QED) is 0.714. The van der Waals surface area contributed by atoms with Crippen molar-refractivity contribution in [3.8, 4) is 0 Å². The zero-order chi connectivity index (χ0) is 15.1. The van der Waals surface area contributed by atoms with Crippen LogP contribution in [0.4, 0.5) is 5.69 Å². The Balaban J connectivity index is 1.83. The minimum Gasteiger partial charge on any atom is -0.345 e. The molecule has 22 heavy (non-hydrogen) atoms. The molecule has 0 spiro atoms. The first-order chi connectivity index (χ1) is 10.7. The average Bonchev–Trinajstić information content (AvgIpc) is 3.11. The molecule has 1 aromatic heterocycles. The molecule has 6 heteroatoms. The van der Waals surface area contributed by atoms with Gasteiger partial charge in [-0.25, -0.2) is 4.98 Å². The number of imidazole rings is 1. The first-order valence-corrected chi connectivity index (χ1v) is 7.27. The number of amides is 1. The van der Waals surface area contributed by atoms with E-state index in [0.717, 1.165) is 22.3 Å². The van der Waals surface area contributed by atoms with E-state index in [1.165, 1.54) is 0 Å². The van der Waals surface area contributed by atoms with E-state index in [-0.39, 0.29) is 5.91 Å². The summed E-state index contributed by atoms with van der Waals surface area (Å²) in [7, 11) is 0. The number of fused-ring (bicyclic) bond motifs is 1. The minimum atomic E-state index is -0.450. The predicted octanol–water partition coefficient (Wildman–Crippen LogP) is 2.53. The topological polar surface area (TPSA) is 61.0 Å². The highest BCUT2D eigenvalue weighted by atomic mass is 32.1. The van der Waals surface area contributed by atoms with E-state index >= 15 is 0 Å². The number of anilines is 1. The van der Waals surface area contributed by atoms with E-state index in [1.54, 1.807) is 6.33 Å². The Morgan fingerprint density at radius 2 is 1.95 bits per heavy atom. The summed E-state index contributed by atoms with van der Waals surface area (Å²) >= 11 is 5.35. The second-order valence-corrected chi connectivity index (χ2v) is 5.47. The molecule has 1 aliphatic heterocycles. The van der Waals surface area contributed by atoms with Crippen molar-refractivity contribution in [2.24, 2.45) is 0 Å². The van der Waals surface area contributed by atoms with Gasteiger partial charge in [0.2, 0.25) is 0 Å². The molecule has 2 aromatic carbocycles. The molecule has 1 saturated heterocycles. The van der Waals surface area contributed by atoms with E-state index in [2.05, 4.69) is 15.3 Å². The summed E-state index contributed by atoms with van der Waals surface area (Å²) in [6.07, 6.45) is 1.65. The van der Waals surface area contributed by atoms with Gasteiger partial charge >= 0.3 is 0 Å². The molecule has 1 amide bonds. The largest absolute Gasteiger partial charge is 0.345 e. The number of hydrogen-bond donors (Lipinski definition) is 2. The smallest absolute Gasteiger partial charge is 0.253 e. The number of carbonyl (C=O) groups is 1. The molecule has 5 nitrogen and oxygen atoms in total. The highest BCUT2D eigenvalue weighted by molar-refractivity contribution is 7.80. The Kier molecular flexibility index (Phi) is 2.90. The third kappa shape index (κ3) is 1.96. The van der Waals surface area contributed by atoms with Crippen LogP contribution in [0.25, 0.3) is 11.0 Å². The maximum absolute atomic E-state index is 12.3. The Morgan fingerprint density at radius 3 is 2.77 bits per heavy atom. The number of hydrogen-bond acceptors (Lipinski definition) is 3. The van der Waals surface area contributed by atoms with Crippen molar-refractivity contribution in [1.29, 1.82) is 0 Å². The number of aromatic nitrogens is 2. The SMILES string of the molecule is O=C1NC(=S)N(c2ccc3nc[nH]c3c2)C1c1ccccc1. The van der Waals surface area contributed by atoms with Crippen molar-refractivity contribution >= 4 is 40.0 Å². The third-order valence-corrected chi connectivity index (χ3v) is 4.05. The lowest BCUT2D eigenvalue weighted by atomic mass is 10.1. The molecule has 0 aliphatic carbocycles. The fourth-order valence-corrected chi connectivity index (χ4v) is 3.06. The second-order valence-electron chi connectivity index (χ2n) is 5.08. The maximum Gasteiger partial charge on any atom is 0.253 e. The highest BCUT2D eigenvalue weighted by Gasteiger charge is 2.37. The first kappa shape index (κ1) is 13.0. The zero-order valence-electron chi connectivity index (χ0n) is 11.5. The van der Waals surface area contributed by atoms with Gasteiger partial charge in [-0.05, 0) is 36.0 Å². The van der Waals surface area contributed by atoms with Crippen LogP contribution >= 0.6 is 12.2 Å². The van der Waals surface area contributed by atoms with Crippen LogP contribution in [0.2, 0.25) is 0 Å². The molecular formula is C16H12N4OS. The van der Waals surface area contributed by atoms with Crippen LogP contribution < -0.4 is 10.2 Å². The van der Waals surface area contributed by atoms with Crippen molar-refractivity contribution in [1.82, 2.24) is 15.3 Å². The van der Waals surface area contributed by atoms with Gasteiger partial charge in [0, 0.05) is 5.69 Å². The second kappa shape index (κ2) is 4.92. The number of H-pyrrole nitrogens is 1. The van der Waals surface area contributed by atoms with Gasteiger partial charge < -0.3 is 15.2 Å². The molecule has 2 N–H and O–H groups in total. The minimum absolute atomic E-state index is 0.110.